The van der Waals surface area contributed by atoms with Crippen molar-refractivity contribution in [3.05, 3.63) is 0 Å². The number of amides is 2. The molecule has 0 fully saturated rings. The predicted octanol–water partition coefficient (Wildman–Crippen LogP) is -1.15. The predicted molar refractivity (Wildman–Crippen MR) is 42.4 cm³/mol. The number of carbonyl (C=O) groups is 2. The van der Waals surface area contributed by atoms with Crippen LogP contribution in [-0.2, 0) is 4.79 Å². The van der Waals surface area contributed by atoms with E-state index in [0.29, 0.717) is 0 Å². The Morgan fingerprint density at radius 1 is 1.67 bits per heavy atom. The molecule has 0 aliphatic rings. The van der Waals surface area contributed by atoms with Gasteiger partial charge in [0.1, 0.15) is 6.04 Å². The number of nitrogens with one attached hydrogen (secondary N) is 1. The first kappa shape index (κ1) is 7.35. The molecule has 0 unspecified atom stereocenters. The molecule has 2 amide bonds. The zero-order valence-electron chi connectivity index (χ0n) is 8.41. The van der Waals surface area contributed by atoms with Crippen LogP contribution in [0.1, 0.15) is 15.6 Å². The topological polar surface area (TPSA) is 118 Å². The third kappa shape index (κ3) is 5.48. The van der Waals surface area contributed by atoms with Crippen molar-refractivity contribution in [1.29, 1.82) is 0 Å². The van der Waals surface area contributed by atoms with Gasteiger partial charge in [-0.15, -0.1) is 0 Å². The molecule has 0 aliphatic carbocycles. The summed E-state index contributed by atoms with van der Waals surface area (Å²) in [5.74, 6) is -1.21. The van der Waals surface area contributed by atoms with Crippen LogP contribution in [0.4, 0.5) is 4.79 Å². The molecule has 6 heteroatoms. The molecule has 0 heterocycles. The highest BCUT2D eigenvalue weighted by atomic mass is 16.4. The highest BCUT2D eigenvalue weighted by molar-refractivity contribution is 5.73. The summed E-state index contributed by atoms with van der Waals surface area (Å²) in [6.45, 7) is -2.03. The molecule has 0 saturated carbocycles. The number of hydrogen-bond donors (Lipinski definition) is 4. The van der Waals surface area contributed by atoms with E-state index in [1.807, 2.05) is 5.32 Å². The van der Waals surface area contributed by atoms with Crippen LogP contribution in [0.5, 0.6) is 0 Å². The molecule has 0 aromatic rings. The lowest BCUT2D eigenvalue weighted by molar-refractivity contribution is -0.138. The second kappa shape index (κ2) is 5.36. The number of hydrogen-bond acceptors (Lipinski definition) is 3. The molecular weight excluding hydrogens is 164 g/mol. The number of carbonyl (C=O) groups excluding carboxylic acids is 1. The van der Waals surface area contributed by atoms with Gasteiger partial charge >= 0.3 is 12.0 Å². The molecule has 0 aliphatic heterocycles. The maximum Gasteiger partial charge on any atom is 0.320 e. The third-order valence-corrected chi connectivity index (χ3v) is 1.11. The van der Waals surface area contributed by atoms with E-state index >= 15 is 0 Å². The minimum Gasteiger partial charge on any atom is -0.480 e. The van der Waals surface area contributed by atoms with E-state index in [4.69, 9.17) is 19.3 Å². The number of urea groups is 1. The van der Waals surface area contributed by atoms with Crippen molar-refractivity contribution >= 4 is 12.0 Å². The molecule has 0 spiro atoms. The van der Waals surface area contributed by atoms with Crippen LogP contribution in [0.2, 0.25) is 0 Å². The first-order valence-electron chi connectivity index (χ1n) is 4.30. The van der Waals surface area contributed by atoms with Gasteiger partial charge in [-0.05, 0) is 12.8 Å². The average molecular weight is 179 g/mol. The molecule has 0 aromatic carbocycles. The zero-order valence-corrected chi connectivity index (χ0v) is 6.41. The fraction of sp³-hybridized carbons (Fsp3) is 0.667. The normalized spacial score (nSPS) is 15.8. The summed E-state index contributed by atoms with van der Waals surface area (Å²) in [7, 11) is 0. The van der Waals surface area contributed by atoms with Gasteiger partial charge in [-0.1, -0.05) is 0 Å². The van der Waals surface area contributed by atoms with E-state index in [-0.39, 0.29) is 12.8 Å². The van der Waals surface area contributed by atoms with Crippen LogP contribution in [0.25, 0.3) is 0 Å². The number of primary amides is 1. The highest BCUT2D eigenvalue weighted by Gasteiger charge is 2.09. The molecule has 0 bridgehead atoms. The van der Waals surface area contributed by atoms with Crippen molar-refractivity contribution in [2.75, 3.05) is 6.50 Å². The van der Waals surface area contributed by atoms with Crippen LogP contribution in [0.3, 0.4) is 0 Å². The van der Waals surface area contributed by atoms with Crippen LogP contribution >= 0.6 is 0 Å². The fourth-order valence-corrected chi connectivity index (χ4v) is 0.501. The van der Waals surface area contributed by atoms with Gasteiger partial charge < -0.3 is 21.9 Å². The molecule has 12 heavy (non-hydrogen) atoms. The second-order valence-electron chi connectivity index (χ2n) is 2.15. The molecule has 0 radical (unpaired) electrons. The van der Waals surface area contributed by atoms with Crippen LogP contribution in [-0.4, -0.2) is 29.6 Å². The second-order valence-corrected chi connectivity index (χ2v) is 2.15. The summed E-state index contributed by atoms with van der Waals surface area (Å²) in [6, 6.07) is -2.14. The van der Waals surface area contributed by atoms with Gasteiger partial charge in [0.05, 0.1) is 0 Å². The standard InChI is InChI=1S/C6H13N3O3/c7-4(5(10)11)2-1-3-9-6(8)12/h4H,1-3,7H2,(H,10,11)(H3,8,9,12)/t4-/m0/s1/i3+1D2,9+1. The maximum atomic E-state index is 10.3. The van der Waals surface area contributed by atoms with Gasteiger partial charge in [0.25, 0.3) is 0 Å². The van der Waals surface area contributed by atoms with Gasteiger partial charge in [-0.3, -0.25) is 4.79 Å². The molecule has 6 N–H and O–H groups in total. The number of aliphatic carboxylic acids is 1. The van der Waals surface area contributed by atoms with Crippen molar-refractivity contribution in [2.45, 2.75) is 18.9 Å². The lowest BCUT2D eigenvalue weighted by Gasteiger charge is -2.05. The Bertz CT molecular complexity index is 234. The monoisotopic (exact) mass is 179 g/mol. The summed E-state index contributed by atoms with van der Waals surface area (Å²) >= 11 is 0. The molecule has 70 valence electrons. The Morgan fingerprint density at radius 3 is 2.67 bits per heavy atom. The SMILES string of the molecule is [2H][13C]([2H])(CC[C@H](N)C(=O)O)[15NH]C(N)=O. The Balaban J connectivity index is 3.98. The highest BCUT2D eigenvalue weighted by Crippen LogP contribution is 1.92. The summed E-state index contributed by atoms with van der Waals surface area (Å²) in [5.41, 5.74) is 9.85. The van der Waals surface area contributed by atoms with Gasteiger partial charge in [0.2, 0.25) is 0 Å². The molecule has 1 atom stereocenters. The average Bonchev–Trinajstić information content (AvgIpc) is 1.97. The number of carboxylic acids is 1. The largest absolute Gasteiger partial charge is 0.480 e. The van der Waals surface area contributed by atoms with Gasteiger partial charge in [-0.2, -0.15) is 0 Å². The lowest BCUT2D eigenvalue weighted by Crippen LogP contribution is -2.33. The summed E-state index contributed by atoms with van der Waals surface area (Å²) < 4.78 is 14.4. The maximum absolute atomic E-state index is 10.3. The van der Waals surface area contributed by atoms with Crippen LogP contribution in [0, 0.1) is 0 Å². The first-order chi connectivity index (χ1) is 6.24. The molecule has 6 nitrogen and oxygen atoms in total. The van der Waals surface area contributed by atoms with Crippen LogP contribution < -0.4 is 16.8 Å². The van der Waals surface area contributed by atoms with Gasteiger partial charge in [0, 0.05) is 9.24 Å². The van der Waals surface area contributed by atoms with Crippen molar-refractivity contribution in [3.63, 3.8) is 0 Å². The van der Waals surface area contributed by atoms with Gasteiger partial charge in [-0.25, -0.2) is 4.79 Å². The summed E-state index contributed by atoms with van der Waals surface area (Å²) in [4.78, 5) is 20.6. The minimum atomic E-state index is -2.03. The summed E-state index contributed by atoms with van der Waals surface area (Å²) in [5, 5.41) is 10.2. The molecule has 0 aromatic heterocycles. The van der Waals surface area contributed by atoms with E-state index in [2.05, 4.69) is 0 Å². The molecule has 0 rings (SSSR count). The van der Waals surface area contributed by atoms with E-state index in [1.54, 1.807) is 0 Å². The van der Waals surface area contributed by atoms with Gasteiger partial charge in [0.15, 0.2) is 0 Å². The van der Waals surface area contributed by atoms with Crippen molar-refractivity contribution in [2.24, 2.45) is 11.5 Å². The van der Waals surface area contributed by atoms with Crippen molar-refractivity contribution < 1.29 is 17.4 Å². The van der Waals surface area contributed by atoms with Crippen molar-refractivity contribution in [1.82, 2.24) is 5.32 Å². The van der Waals surface area contributed by atoms with E-state index < -0.39 is 24.5 Å². The smallest absolute Gasteiger partial charge is 0.320 e. The lowest BCUT2D eigenvalue weighted by atomic mass is 10.2. The Kier molecular flexibility index (Phi) is 3.29. The number of nitrogens with two attached hydrogens (primary N) is 2. The van der Waals surface area contributed by atoms with E-state index in [0.717, 1.165) is 0 Å². The fourth-order valence-electron chi connectivity index (χ4n) is 0.501. The quantitative estimate of drug-likeness (QED) is 0.314. The Morgan fingerprint density at radius 2 is 2.25 bits per heavy atom. The number of rotatable bonds is 5. The van der Waals surface area contributed by atoms with Crippen LogP contribution in [0.15, 0.2) is 0 Å². The third-order valence-electron chi connectivity index (χ3n) is 1.11. The Hall–Kier alpha value is -1.30. The number of carboxylic acid groups (broad SMARTS) is 1. The summed E-state index contributed by atoms with van der Waals surface area (Å²) in [6.07, 6.45) is -0.286. The molecule has 0 saturated heterocycles. The Labute approximate surface area is 72.7 Å². The molecular formula is C6H13N3O3. The zero-order chi connectivity index (χ0) is 11.4. The first-order valence-corrected chi connectivity index (χ1v) is 3.30. The minimum absolute atomic E-state index is 0.0807. The van der Waals surface area contributed by atoms with E-state index in [9.17, 15) is 9.59 Å². The van der Waals surface area contributed by atoms with Crippen molar-refractivity contribution in [3.8, 4) is 0 Å². The van der Waals surface area contributed by atoms with E-state index in [1.165, 1.54) is 0 Å².